The summed E-state index contributed by atoms with van der Waals surface area (Å²) >= 11 is 0. The summed E-state index contributed by atoms with van der Waals surface area (Å²) in [5.41, 5.74) is 2.00. The van der Waals surface area contributed by atoms with Gasteiger partial charge in [0, 0.05) is 24.9 Å². The quantitative estimate of drug-likeness (QED) is 0.631. The number of H-pyrrole nitrogens is 1. The van der Waals surface area contributed by atoms with Crippen molar-refractivity contribution < 1.29 is 4.79 Å². The molecule has 0 bridgehead atoms. The van der Waals surface area contributed by atoms with E-state index in [-0.39, 0.29) is 35.7 Å². The molecule has 1 aromatic carbocycles. The molecular formula is C23H29ClN6O2. The highest BCUT2D eigenvalue weighted by Crippen LogP contribution is 2.28. The SMILES string of the molecule is Cc1nn(-c2ccccc2)c2nc(C3CCN(C(=O)C4CCNCC4)CC3)[nH]c(=O)c12.Cl. The van der Waals surface area contributed by atoms with Crippen LogP contribution in [0.4, 0.5) is 0 Å². The van der Waals surface area contributed by atoms with E-state index in [1.165, 1.54) is 0 Å². The molecule has 2 aliphatic heterocycles. The minimum Gasteiger partial charge on any atom is -0.342 e. The second-order valence-corrected chi connectivity index (χ2v) is 8.61. The summed E-state index contributed by atoms with van der Waals surface area (Å²) in [6.07, 6.45) is 3.47. The van der Waals surface area contributed by atoms with E-state index < -0.39 is 0 Å². The minimum absolute atomic E-state index is 0. The largest absolute Gasteiger partial charge is 0.342 e. The van der Waals surface area contributed by atoms with Crippen LogP contribution in [0.1, 0.15) is 43.1 Å². The number of amides is 1. The number of aromatic nitrogens is 4. The molecule has 2 aromatic heterocycles. The summed E-state index contributed by atoms with van der Waals surface area (Å²) in [5.74, 6) is 1.27. The maximum absolute atomic E-state index is 12.9. The van der Waals surface area contributed by atoms with Crippen molar-refractivity contribution in [2.24, 2.45) is 5.92 Å². The van der Waals surface area contributed by atoms with Crippen molar-refractivity contribution >= 4 is 29.3 Å². The molecule has 0 atom stereocenters. The van der Waals surface area contributed by atoms with Gasteiger partial charge in [0.1, 0.15) is 11.2 Å². The number of nitrogens with one attached hydrogen (secondary N) is 2. The molecular weight excluding hydrogens is 428 g/mol. The molecule has 170 valence electrons. The third-order valence-corrected chi connectivity index (χ3v) is 6.61. The van der Waals surface area contributed by atoms with Crippen molar-refractivity contribution in [2.45, 2.75) is 38.5 Å². The molecule has 4 heterocycles. The Balaban J connectivity index is 0.00000245. The van der Waals surface area contributed by atoms with Gasteiger partial charge in [-0.3, -0.25) is 9.59 Å². The van der Waals surface area contributed by atoms with Crippen LogP contribution in [0, 0.1) is 12.8 Å². The number of carbonyl (C=O) groups excluding carboxylic acids is 1. The average molecular weight is 457 g/mol. The van der Waals surface area contributed by atoms with Crippen LogP contribution in [0.3, 0.4) is 0 Å². The Bertz CT molecular complexity index is 1140. The summed E-state index contributed by atoms with van der Waals surface area (Å²) in [6, 6.07) is 9.76. The van der Waals surface area contributed by atoms with Crippen LogP contribution in [0.5, 0.6) is 0 Å². The lowest BCUT2D eigenvalue weighted by Crippen LogP contribution is -2.44. The fourth-order valence-corrected chi connectivity index (χ4v) is 4.85. The number of para-hydroxylation sites is 1. The van der Waals surface area contributed by atoms with Gasteiger partial charge in [0.2, 0.25) is 5.91 Å². The number of hydrogen-bond acceptors (Lipinski definition) is 5. The molecule has 8 nitrogen and oxygen atoms in total. The molecule has 2 aliphatic rings. The van der Waals surface area contributed by atoms with Crippen LogP contribution in [-0.2, 0) is 4.79 Å². The van der Waals surface area contributed by atoms with Crippen molar-refractivity contribution in [3.63, 3.8) is 0 Å². The number of likely N-dealkylation sites (tertiary alicyclic amines) is 1. The smallest absolute Gasteiger partial charge is 0.262 e. The van der Waals surface area contributed by atoms with Gasteiger partial charge in [0.25, 0.3) is 5.56 Å². The number of carbonyl (C=O) groups is 1. The summed E-state index contributed by atoms with van der Waals surface area (Å²) in [7, 11) is 0. The van der Waals surface area contributed by atoms with Crippen LogP contribution in [-0.4, -0.2) is 56.7 Å². The lowest BCUT2D eigenvalue weighted by molar-refractivity contribution is -0.137. The fraction of sp³-hybridized carbons (Fsp3) is 0.478. The van der Waals surface area contributed by atoms with Gasteiger partial charge in [-0.2, -0.15) is 5.10 Å². The molecule has 3 aromatic rings. The monoisotopic (exact) mass is 456 g/mol. The lowest BCUT2D eigenvalue weighted by Gasteiger charge is -2.35. The van der Waals surface area contributed by atoms with Gasteiger partial charge in [-0.1, -0.05) is 18.2 Å². The third-order valence-electron chi connectivity index (χ3n) is 6.61. The highest BCUT2D eigenvalue weighted by Gasteiger charge is 2.30. The summed E-state index contributed by atoms with van der Waals surface area (Å²) in [4.78, 5) is 35.6. The van der Waals surface area contributed by atoms with Crippen LogP contribution in [0.2, 0.25) is 0 Å². The zero-order valence-corrected chi connectivity index (χ0v) is 19.0. The minimum atomic E-state index is -0.145. The number of aromatic amines is 1. The number of benzene rings is 1. The number of nitrogens with zero attached hydrogens (tertiary/aromatic N) is 4. The lowest BCUT2D eigenvalue weighted by atomic mass is 9.92. The highest BCUT2D eigenvalue weighted by atomic mass is 35.5. The van der Waals surface area contributed by atoms with E-state index in [1.807, 2.05) is 42.2 Å². The van der Waals surface area contributed by atoms with Gasteiger partial charge in [-0.05, 0) is 57.8 Å². The van der Waals surface area contributed by atoms with Gasteiger partial charge in [0.05, 0.1) is 11.4 Å². The van der Waals surface area contributed by atoms with Gasteiger partial charge in [0.15, 0.2) is 5.65 Å². The maximum atomic E-state index is 12.9. The van der Waals surface area contributed by atoms with Gasteiger partial charge in [-0.15, -0.1) is 12.4 Å². The zero-order valence-electron chi connectivity index (χ0n) is 18.2. The zero-order chi connectivity index (χ0) is 21.4. The van der Waals surface area contributed by atoms with Crippen molar-refractivity contribution in [2.75, 3.05) is 26.2 Å². The Kier molecular flexibility index (Phi) is 6.62. The van der Waals surface area contributed by atoms with E-state index in [1.54, 1.807) is 4.68 Å². The van der Waals surface area contributed by atoms with Crippen molar-refractivity contribution in [1.29, 1.82) is 0 Å². The molecule has 2 fully saturated rings. The molecule has 5 rings (SSSR count). The van der Waals surface area contributed by atoms with Crippen LogP contribution >= 0.6 is 12.4 Å². The van der Waals surface area contributed by atoms with E-state index in [0.717, 1.165) is 44.5 Å². The first kappa shape index (κ1) is 22.5. The van der Waals surface area contributed by atoms with E-state index >= 15 is 0 Å². The molecule has 9 heteroatoms. The fourth-order valence-electron chi connectivity index (χ4n) is 4.85. The molecule has 2 saturated heterocycles. The maximum Gasteiger partial charge on any atom is 0.262 e. The molecule has 0 aliphatic carbocycles. The number of rotatable bonds is 3. The first-order valence-corrected chi connectivity index (χ1v) is 11.2. The number of aryl methyl sites for hydroxylation is 1. The average Bonchev–Trinajstić information content (AvgIpc) is 3.16. The van der Waals surface area contributed by atoms with Crippen molar-refractivity contribution in [3.05, 3.63) is 52.2 Å². The second-order valence-electron chi connectivity index (χ2n) is 8.61. The number of hydrogen-bond donors (Lipinski definition) is 2. The summed E-state index contributed by atoms with van der Waals surface area (Å²) in [5, 5.41) is 8.42. The third kappa shape index (κ3) is 4.17. The van der Waals surface area contributed by atoms with Crippen molar-refractivity contribution in [1.82, 2.24) is 30.0 Å². The van der Waals surface area contributed by atoms with Gasteiger partial charge >= 0.3 is 0 Å². The number of halogens is 1. The predicted octanol–water partition coefficient (Wildman–Crippen LogP) is 2.54. The molecule has 0 spiro atoms. The Morgan fingerprint density at radius 1 is 1.06 bits per heavy atom. The Labute approximate surface area is 192 Å². The predicted molar refractivity (Wildman–Crippen MR) is 126 cm³/mol. The number of piperidine rings is 2. The molecule has 0 saturated carbocycles. The van der Waals surface area contributed by atoms with Gasteiger partial charge in [-0.25, -0.2) is 9.67 Å². The van der Waals surface area contributed by atoms with E-state index in [9.17, 15) is 9.59 Å². The van der Waals surface area contributed by atoms with Crippen molar-refractivity contribution in [3.8, 4) is 5.69 Å². The molecule has 0 unspecified atom stereocenters. The Hall–Kier alpha value is -2.71. The first-order valence-electron chi connectivity index (χ1n) is 11.2. The normalized spacial score (nSPS) is 18.0. The second kappa shape index (κ2) is 9.42. The topological polar surface area (TPSA) is 95.9 Å². The van der Waals surface area contributed by atoms with Crippen LogP contribution in [0.15, 0.2) is 35.1 Å². The summed E-state index contributed by atoms with van der Waals surface area (Å²) < 4.78 is 1.75. The van der Waals surface area contributed by atoms with Crippen LogP contribution < -0.4 is 10.9 Å². The van der Waals surface area contributed by atoms with Gasteiger partial charge < -0.3 is 15.2 Å². The Morgan fingerprint density at radius 2 is 1.75 bits per heavy atom. The number of fused-ring (bicyclic) bond motifs is 1. The van der Waals surface area contributed by atoms with E-state index in [0.29, 0.717) is 35.6 Å². The molecule has 2 N–H and O–H groups in total. The summed E-state index contributed by atoms with van der Waals surface area (Å²) in [6.45, 7) is 5.11. The van der Waals surface area contributed by atoms with E-state index in [2.05, 4.69) is 15.4 Å². The molecule has 0 radical (unpaired) electrons. The molecule has 1 amide bonds. The Morgan fingerprint density at radius 3 is 2.44 bits per heavy atom. The first-order chi connectivity index (χ1) is 15.1. The standard InChI is InChI=1S/C23H28N6O2.ClH/c1-15-19-21(29(27-15)18-5-3-2-4-6-18)25-20(26-22(19)30)16-9-13-28(14-10-16)23(31)17-7-11-24-12-8-17;/h2-6,16-17,24H,7-14H2,1H3,(H,25,26,30);1H. The van der Waals surface area contributed by atoms with Crippen LogP contribution in [0.25, 0.3) is 16.7 Å². The van der Waals surface area contributed by atoms with E-state index in [4.69, 9.17) is 4.98 Å². The highest BCUT2D eigenvalue weighted by molar-refractivity contribution is 5.85. The molecule has 32 heavy (non-hydrogen) atoms.